The Labute approximate surface area is 155 Å². The summed E-state index contributed by atoms with van der Waals surface area (Å²) in [6.45, 7) is 5.66. The molecule has 1 saturated heterocycles. The minimum atomic E-state index is -0.793. The molecule has 1 aliphatic heterocycles. The third kappa shape index (κ3) is 2.35. The number of carbonyl (C=O) groups excluding carboxylic acids is 1. The summed E-state index contributed by atoms with van der Waals surface area (Å²) in [4.78, 5) is 12.4. The Hall–Kier alpha value is -1.23. The van der Waals surface area contributed by atoms with Crippen LogP contribution in [0.15, 0.2) is 30.3 Å². The highest BCUT2D eigenvalue weighted by Gasteiger charge is 2.58. The van der Waals surface area contributed by atoms with Crippen molar-refractivity contribution < 1.29 is 14.3 Å². The molecule has 0 aromatic heterocycles. The van der Waals surface area contributed by atoms with E-state index in [2.05, 4.69) is 43.4 Å². The zero-order valence-electron chi connectivity index (χ0n) is 15.7. The Morgan fingerprint density at radius 2 is 1.50 bits per heavy atom. The van der Waals surface area contributed by atoms with Crippen LogP contribution in [0.1, 0.15) is 45.1 Å². The van der Waals surface area contributed by atoms with Crippen molar-refractivity contribution in [2.24, 2.45) is 23.7 Å². The van der Waals surface area contributed by atoms with Crippen LogP contribution in [-0.4, -0.2) is 30.9 Å². The van der Waals surface area contributed by atoms with Crippen LogP contribution in [0.25, 0.3) is 0 Å². The third-order valence-electron chi connectivity index (χ3n) is 7.54. The predicted octanol–water partition coefficient (Wildman–Crippen LogP) is 3.26. The quantitative estimate of drug-likeness (QED) is 0.901. The van der Waals surface area contributed by atoms with Gasteiger partial charge >= 0.3 is 0 Å². The lowest BCUT2D eigenvalue weighted by molar-refractivity contribution is -0.239. The Morgan fingerprint density at radius 3 is 2.04 bits per heavy atom. The first-order chi connectivity index (χ1) is 12.5. The van der Waals surface area contributed by atoms with Crippen molar-refractivity contribution in [3.05, 3.63) is 35.9 Å². The molecule has 4 heteroatoms. The molecular weight excluding hydrogens is 326 g/mol. The number of ether oxygens (including phenoxy) is 2. The van der Waals surface area contributed by atoms with Crippen molar-refractivity contribution >= 4 is 5.78 Å². The molecule has 0 unspecified atom stereocenters. The van der Waals surface area contributed by atoms with Gasteiger partial charge in [0.1, 0.15) is 5.78 Å². The lowest BCUT2D eigenvalue weighted by Crippen LogP contribution is -2.68. The maximum atomic E-state index is 12.4. The van der Waals surface area contributed by atoms with Crippen molar-refractivity contribution in [1.29, 1.82) is 0 Å². The number of benzene rings is 1. The molecular formula is C22H29NO3. The van der Waals surface area contributed by atoms with Gasteiger partial charge in [-0.2, -0.15) is 0 Å². The first-order valence-corrected chi connectivity index (χ1v) is 10.1. The van der Waals surface area contributed by atoms with E-state index in [0.717, 1.165) is 25.7 Å². The molecule has 4 aliphatic carbocycles. The molecule has 0 amide bonds. The Morgan fingerprint density at radius 1 is 0.962 bits per heavy atom. The van der Waals surface area contributed by atoms with Gasteiger partial charge in [-0.05, 0) is 56.9 Å². The third-order valence-corrected chi connectivity index (χ3v) is 7.54. The monoisotopic (exact) mass is 355 g/mol. The van der Waals surface area contributed by atoms with E-state index in [0.29, 0.717) is 48.7 Å². The van der Waals surface area contributed by atoms with E-state index in [-0.39, 0.29) is 5.41 Å². The first kappa shape index (κ1) is 16.9. The maximum Gasteiger partial charge on any atom is 0.237 e. The summed E-state index contributed by atoms with van der Waals surface area (Å²) in [5.74, 6) is 1.54. The topological polar surface area (TPSA) is 47.6 Å². The van der Waals surface area contributed by atoms with Gasteiger partial charge < -0.3 is 9.47 Å². The lowest BCUT2D eigenvalue weighted by atomic mass is 9.53. The molecule has 1 aromatic rings. The van der Waals surface area contributed by atoms with Gasteiger partial charge in [0, 0.05) is 17.9 Å². The second-order valence-corrected chi connectivity index (χ2v) is 9.23. The molecule has 1 aromatic carbocycles. The summed E-state index contributed by atoms with van der Waals surface area (Å²) < 4.78 is 12.6. The molecule has 1 N–H and O–H groups in total. The molecule has 4 saturated carbocycles. The zero-order chi connectivity index (χ0) is 17.9. The van der Waals surface area contributed by atoms with Gasteiger partial charge in [-0.3, -0.25) is 10.1 Å². The number of hydrogen-bond acceptors (Lipinski definition) is 4. The fourth-order valence-electron chi connectivity index (χ4n) is 6.15. The Kier molecular flexibility index (Phi) is 3.83. The molecule has 1 heterocycles. The smallest absolute Gasteiger partial charge is 0.237 e. The largest absolute Gasteiger partial charge is 0.334 e. The molecule has 0 atom stereocenters. The molecule has 6 rings (SSSR count). The van der Waals surface area contributed by atoms with Gasteiger partial charge in [0.25, 0.3) is 0 Å². The van der Waals surface area contributed by atoms with E-state index in [9.17, 15) is 4.79 Å². The number of Topliss-reactive ketones (excluding diaryl/α,β-unsaturated/α-hetero) is 1. The van der Waals surface area contributed by atoms with Crippen LogP contribution >= 0.6 is 0 Å². The van der Waals surface area contributed by atoms with Gasteiger partial charge in [-0.25, -0.2) is 0 Å². The standard InChI is InChI=1S/C22H29NO3/c1-21(2,18-6-4-3-5-7-18)22(25-8-9-26-22)23-19-14-10-16-12-15(19)13-17(11-14)20(16)24/h3-7,14-17,19,23H,8-13H2,1-2H3. The van der Waals surface area contributed by atoms with Crippen LogP contribution in [0.2, 0.25) is 0 Å². The molecule has 5 fully saturated rings. The van der Waals surface area contributed by atoms with E-state index in [1.807, 2.05) is 6.07 Å². The number of nitrogens with one attached hydrogen (secondary N) is 1. The summed E-state index contributed by atoms with van der Waals surface area (Å²) in [7, 11) is 0. The van der Waals surface area contributed by atoms with Crippen molar-refractivity contribution in [3.8, 4) is 0 Å². The molecule has 26 heavy (non-hydrogen) atoms. The fraction of sp³-hybridized carbons (Fsp3) is 0.682. The average molecular weight is 355 g/mol. The highest BCUT2D eigenvalue weighted by Crippen LogP contribution is 2.53. The number of hydrogen-bond donors (Lipinski definition) is 1. The molecule has 0 spiro atoms. The minimum Gasteiger partial charge on any atom is -0.334 e. The SMILES string of the molecule is CC(C)(c1ccccc1)C1(NC2C3CC4CC2CC(C3)C4=O)OCCO1. The van der Waals surface area contributed by atoms with Crippen LogP contribution < -0.4 is 5.32 Å². The van der Waals surface area contributed by atoms with Gasteiger partial charge in [0.15, 0.2) is 0 Å². The van der Waals surface area contributed by atoms with E-state index in [4.69, 9.17) is 9.47 Å². The minimum absolute atomic E-state index is 0.310. The van der Waals surface area contributed by atoms with E-state index >= 15 is 0 Å². The Balaban J connectivity index is 1.45. The normalized spacial score (nSPS) is 38.1. The van der Waals surface area contributed by atoms with E-state index in [1.165, 1.54) is 5.56 Å². The number of carbonyl (C=O) groups is 1. The molecule has 5 aliphatic rings. The van der Waals surface area contributed by atoms with Crippen LogP contribution in [0.3, 0.4) is 0 Å². The molecule has 4 nitrogen and oxygen atoms in total. The van der Waals surface area contributed by atoms with Crippen LogP contribution in [-0.2, 0) is 19.7 Å². The van der Waals surface area contributed by atoms with Gasteiger partial charge in [0.2, 0.25) is 5.91 Å². The number of ketones is 1. The fourth-order valence-corrected chi connectivity index (χ4v) is 6.15. The van der Waals surface area contributed by atoms with Crippen molar-refractivity contribution in [2.75, 3.05) is 13.2 Å². The number of rotatable bonds is 4. The summed E-state index contributed by atoms with van der Waals surface area (Å²) in [5, 5.41) is 3.87. The first-order valence-electron chi connectivity index (χ1n) is 10.1. The zero-order valence-corrected chi connectivity index (χ0v) is 15.7. The summed E-state index contributed by atoms with van der Waals surface area (Å²) >= 11 is 0. The molecule has 4 bridgehead atoms. The Bertz CT molecular complexity index is 661. The van der Waals surface area contributed by atoms with E-state index < -0.39 is 5.91 Å². The average Bonchev–Trinajstić information content (AvgIpc) is 3.11. The van der Waals surface area contributed by atoms with E-state index in [1.54, 1.807) is 0 Å². The summed E-state index contributed by atoms with van der Waals surface area (Å²) in [6, 6.07) is 10.9. The second-order valence-electron chi connectivity index (χ2n) is 9.23. The lowest BCUT2D eigenvalue weighted by Gasteiger charge is -2.56. The van der Waals surface area contributed by atoms with Crippen LogP contribution in [0.4, 0.5) is 0 Å². The maximum absolute atomic E-state index is 12.4. The van der Waals surface area contributed by atoms with Gasteiger partial charge in [-0.15, -0.1) is 0 Å². The molecule has 140 valence electrons. The van der Waals surface area contributed by atoms with Crippen molar-refractivity contribution in [3.63, 3.8) is 0 Å². The summed E-state index contributed by atoms with van der Waals surface area (Å²) in [6.07, 6.45) is 4.19. The molecule has 0 radical (unpaired) electrons. The van der Waals surface area contributed by atoms with Crippen LogP contribution in [0.5, 0.6) is 0 Å². The van der Waals surface area contributed by atoms with Crippen LogP contribution in [0, 0.1) is 23.7 Å². The highest BCUT2D eigenvalue weighted by molar-refractivity contribution is 5.85. The highest BCUT2D eigenvalue weighted by atomic mass is 16.8. The second kappa shape index (κ2) is 5.88. The van der Waals surface area contributed by atoms with Crippen molar-refractivity contribution in [1.82, 2.24) is 5.32 Å². The summed E-state index contributed by atoms with van der Waals surface area (Å²) in [5.41, 5.74) is 0.906. The van der Waals surface area contributed by atoms with Gasteiger partial charge in [-0.1, -0.05) is 30.3 Å². The van der Waals surface area contributed by atoms with Crippen molar-refractivity contribution in [2.45, 2.75) is 56.9 Å². The van der Waals surface area contributed by atoms with Gasteiger partial charge in [0.05, 0.1) is 18.6 Å². The predicted molar refractivity (Wildman–Crippen MR) is 98.5 cm³/mol.